The van der Waals surface area contributed by atoms with Crippen LogP contribution < -0.4 is 4.74 Å². The first-order valence-electron chi connectivity index (χ1n) is 10.3. The highest BCUT2D eigenvalue weighted by molar-refractivity contribution is 6.35. The first-order valence-corrected chi connectivity index (χ1v) is 10.3. The molecule has 0 unspecified atom stereocenters. The van der Waals surface area contributed by atoms with Crippen LogP contribution in [0.5, 0.6) is 5.75 Å². The molecule has 3 rings (SSSR count). The highest BCUT2D eigenvalue weighted by Crippen LogP contribution is 2.33. The molecule has 158 valence electrons. The molecule has 7 nitrogen and oxygen atoms in total. The molecule has 1 saturated heterocycles. The number of nitrogens with zero attached hydrogens (tertiary/aromatic N) is 2. The molecule has 1 aromatic carbocycles. The smallest absolute Gasteiger partial charge is 0.277 e. The normalized spacial score (nSPS) is 17.7. The molecule has 1 fully saturated rings. The first kappa shape index (κ1) is 21.3. The van der Waals surface area contributed by atoms with Crippen LogP contribution in [0.25, 0.3) is 5.57 Å². The molecule has 0 N–H and O–H groups in total. The van der Waals surface area contributed by atoms with Gasteiger partial charge in [-0.1, -0.05) is 12.1 Å². The molecule has 2 aliphatic heterocycles. The summed E-state index contributed by atoms with van der Waals surface area (Å²) in [7, 11) is 0. The van der Waals surface area contributed by atoms with Crippen molar-refractivity contribution in [3.05, 3.63) is 35.5 Å². The van der Waals surface area contributed by atoms with E-state index in [0.29, 0.717) is 63.8 Å². The SMILES string of the molecule is CCOc1ccc(C2=C(N3CCOCC3)C(=O)N(CCCOC(C)C)C2=O)cc1. The number of benzene rings is 1. The minimum absolute atomic E-state index is 0.126. The monoisotopic (exact) mass is 402 g/mol. The van der Waals surface area contributed by atoms with E-state index in [1.165, 1.54) is 4.90 Å². The maximum Gasteiger partial charge on any atom is 0.277 e. The van der Waals surface area contributed by atoms with Crippen LogP contribution in [0, 0.1) is 0 Å². The van der Waals surface area contributed by atoms with Gasteiger partial charge in [-0.3, -0.25) is 14.5 Å². The summed E-state index contributed by atoms with van der Waals surface area (Å²) in [6.45, 7) is 9.57. The van der Waals surface area contributed by atoms with Crippen LogP contribution in [0.15, 0.2) is 30.0 Å². The van der Waals surface area contributed by atoms with Gasteiger partial charge in [0.1, 0.15) is 11.4 Å². The van der Waals surface area contributed by atoms with Crippen LogP contribution in [-0.4, -0.2) is 73.8 Å². The third-order valence-electron chi connectivity index (χ3n) is 4.90. The zero-order chi connectivity index (χ0) is 20.8. The van der Waals surface area contributed by atoms with Crippen LogP contribution in [0.4, 0.5) is 0 Å². The lowest BCUT2D eigenvalue weighted by Gasteiger charge is -2.29. The predicted octanol–water partition coefficient (Wildman–Crippen LogP) is 2.31. The summed E-state index contributed by atoms with van der Waals surface area (Å²) >= 11 is 0. The van der Waals surface area contributed by atoms with Crippen molar-refractivity contribution in [1.29, 1.82) is 0 Å². The molecule has 0 aromatic heterocycles. The fraction of sp³-hybridized carbons (Fsp3) is 0.545. The highest BCUT2D eigenvalue weighted by Gasteiger charge is 2.41. The minimum Gasteiger partial charge on any atom is -0.494 e. The number of imide groups is 1. The van der Waals surface area contributed by atoms with E-state index in [0.717, 1.165) is 11.3 Å². The number of carbonyl (C=O) groups excluding carboxylic acids is 2. The molecular formula is C22H30N2O5. The van der Waals surface area contributed by atoms with Crippen LogP contribution in [0.2, 0.25) is 0 Å². The molecule has 7 heteroatoms. The molecule has 0 bridgehead atoms. The van der Waals surface area contributed by atoms with Gasteiger partial charge in [0.15, 0.2) is 0 Å². The second kappa shape index (κ2) is 9.89. The zero-order valence-electron chi connectivity index (χ0n) is 17.5. The summed E-state index contributed by atoms with van der Waals surface area (Å²) in [4.78, 5) is 29.7. The Balaban J connectivity index is 1.85. The van der Waals surface area contributed by atoms with Crippen LogP contribution in [0.3, 0.4) is 0 Å². The summed E-state index contributed by atoms with van der Waals surface area (Å²) in [5.74, 6) is 0.264. The lowest BCUT2D eigenvalue weighted by Crippen LogP contribution is -2.40. The molecule has 0 spiro atoms. The van der Waals surface area contributed by atoms with Gasteiger partial charge in [0.2, 0.25) is 0 Å². The molecule has 1 aromatic rings. The third-order valence-corrected chi connectivity index (χ3v) is 4.90. The lowest BCUT2D eigenvalue weighted by molar-refractivity contribution is -0.138. The Bertz CT molecular complexity index is 751. The van der Waals surface area contributed by atoms with Crippen molar-refractivity contribution < 1.29 is 23.8 Å². The molecule has 2 heterocycles. The van der Waals surface area contributed by atoms with Crippen LogP contribution in [0.1, 0.15) is 32.8 Å². The van der Waals surface area contributed by atoms with Gasteiger partial charge in [0.05, 0.1) is 31.5 Å². The Morgan fingerprint density at radius 3 is 2.38 bits per heavy atom. The molecule has 0 radical (unpaired) electrons. The van der Waals surface area contributed by atoms with Crippen LogP contribution >= 0.6 is 0 Å². The van der Waals surface area contributed by atoms with Crippen molar-refractivity contribution in [2.24, 2.45) is 0 Å². The van der Waals surface area contributed by atoms with Crippen molar-refractivity contribution >= 4 is 17.4 Å². The predicted molar refractivity (Wildman–Crippen MR) is 109 cm³/mol. The van der Waals surface area contributed by atoms with E-state index >= 15 is 0 Å². The van der Waals surface area contributed by atoms with E-state index in [1.54, 1.807) is 0 Å². The number of carbonyl (C=O) groups is 2. The highest BCUT2D eigenvalue weighted by atomic mass is 16.5. The Kier molecular flexibility index (Phi) is 7.28. The Labute approximate surface area is 172 Å². The second-order valence-corrected chi connectivity index (χ2v) is 7.32. The second-order valence-electron chi connectivity index (χ2n) is 7.32. The summed E-state index contributed by atoms with van der Waals surface area (Å²) in [5, 5.41) is 0. The standard InChI is InChI=1S/C22H30N2O5/c1-4-28-18-8-6-17(7-9-18)19-20(23-11-14-27-15-12-23)22(26)24(21(19)25)10-5-13-29-16(2)3/h6-9,16H,4-5,10-15H2,1-3H3. The van der Waals surface area contributed by atoms with Crippen molar-refractivity contribution in [3.8, 4) is 5.75 Å². The fourth-order valence-corrected chi connectivity index (χ4v) is 3.53. The van der Waals surface area contributed by atoms with Crippen LogP contribution in [-0.2, 0) is 19.1 Å². The van der Waals surface area contributed by atoms with Crippen molar-refractivity contribution in [1.82, 2.24) is 9.80 Å². The number of ether oxygens (including phenoxy) is 3. The first-order chi connectivity index (χ1) is 14.0. The van der Waals surface area contributed by atoms with Crippen molar-refractivity contribution in [2.75, 3.05) is 46.1 Å². The molecule has 0 saturated carbocycles. The van der Waals surface area contributed by atoms with Gasteiger partial charge in [-0.15, -0.1) is 0 Å². The summed E-state index contributed by atoms with van der Waals surface area (Å²) in [5.41, 5.74) is 1.67. The minimum atomic E-state index is -0.245. The van der Waals surface area contributed by atoms with E-state index in [1.807, 2.05) is 49.9 Å². The van der Waals surface area contributed by atoms with Gasteiger partial charge in [0, 0.05) is 26.2 Å². The van der Waals surface area contributed by atoms with Gasteiger partial charge in [-0.2, -0.15) is 0 Å². The van der Waals surface area contributed by atoms with Gasteiger partial charge < -0.3 is 19.1 Å². The van der Waals surface area contributed by atoms with Crippen molar-refractivity contribution in [2.45, 2.75) is 33.3 Å². The fourth-order valence-electron chi connectivity index (χ4n) is 3.53. The molecule has 2 amide bonds. The van der Waals surface area contributed by atoms with Gasteiger partial charge >= 0.3 is 0 Å². The summed E-state index contributed by atoms with van der Waals surface area (Å²) < 4.78 is 16.5. The Hall–Kier alpha value is -2.38. The topological polar surface area (TPSA) is 68.3 Å². The largest absolute Gasteiger partial charge is 0.494 e. The average molecular weight is 402 g/mol. The maximum absolute atomic E-state index is 13.2. The van der Waals surface area contributed by atoms with E-state index in [2.05, 4.69) is 0 Å². The van der Waals surface area contributed by atoms with E-state index in [4.69, 9.17) is 14.2 Å². The zero-order valence-corrected chi connectivity index (χ0v) is 17.5. The number of hydrogen-bond donors (Lipinski definition) is 0. The maximum atomic E-state index is 13.2. The molecule has 29 heavy (non-hydrogen) atoms. The Morgan fingerprint density at radius 2 is 1.76 bits per heavy atom. The van der Waals surface area contributed by atoms with Gasteiger partial charge in [-0.25, -0.2) is 0 Å². The molecule has 0 atom stereocenters. The number of hydrogen-bond acceptors (Lipinski definition) is 6. The van der Waals surface area contributed by atoms with Crippen molar-refractivity contribution in [3.63, 3.8) is 0 Å². The number of morpholine rings is 1. The quantitative estimate of drug-likeness (QED) is 0.466. The third kappa shape index (κ3) is 4.97. The summed E-state index contributed by atoms with van der Waals surface area (Å²) in [6.07, 6.45) is 0.740. The Morgan fingerprint density at radius 1 is 1.07 bits per heavy atom. The molecular weight excluding hydrogens is 372 g/mol. The van der Waals surface area contributed by atoms with Gasteiger partial charge in [-0.05, 0) is 44.9 Å². The summed E-state index contributed by atoms with van der Waals surface area (Å²) in [6, 6.07) is 7.36. The number of rotatable bonds is 9. The van der Waals surface area contributed by atoms with E-state index < -0.39 is 0 Å². The number of amides is 2. The lowest BCUT2D eigenvalue weighted by atomic mass is 10.0. The molecule has 0 aliphatic carbocycles. The van der Waals surface area contributed by atoms with E-state index in [9.17, 15) is 9.59 Å². The van der Waals surface area contributed by atoms with Gasteiger partial charge in [0.25, 0.3) is 11.8 Å². The van der Waals surface area contributed by atoms with E-state index in [-0.39, 0.29) is 17.9 Å². The average Bonchev–Trinajstić information content (AvgIpc) is 2.97. The molecule has 2 aliphatic rings.